The highest BCUT2D eigenvalue weighted by Gasteiger charge is 2.25. The van der Waals surface area contributed by atoms with E-state index in [4.69, 9.17) is 9.15 Å². The Morgan fingerprint density at radius 1 is 1.28 bits per heavy atom. The van der Waals surface area contributed by atoms with Crippen molar-refractivity contribution in [2.24, 2.45) is 0 Å². The maximum Gasteiger partial charge on any atom is 0.251 e. The minimum atomic E-state index is -0.0909. The molecule has 0 aliphatic carbocycles. The molecule has 1 atom stereocenters. The summed E-state index contributed by atoms with van der Waals surface area (Å²) in [4.78, 5) is 15.0. The molecule has 1 amide bonds. The zero-order chi connectivity index (χ0) is 17.6. The van der Waals surface area contributed by atoms with Crippen LogP contribution >= 0.6 is 0 Å². The number of nitrogens with zero attached hydrogens (tertiary/aromatic N) is 1. The van der Waals surface area contributed by atoms with Gasteiger partial charge in [0.2, 0.25) is 0 Å². The predicted molar refractivity (Wildman–Crippen MR) is 96.9 cm³/mol. The van der Waals surface area contributed by atoms with Gasteiger partial charge in [0.1, 0.15) is 11.5 Å². The van der Waals surface area contributed by atoms with Crippen LogP contribution in [-0.4, -0.2) is 37.6 Å². The zero-order valence-corrected chi connectivity index (χ0v) is 15.0. The van der Waals surface area contributed by atoms with Gasteiger partial charge in [-0.25, -0.2) is 0 Å². The number of ether oxygens (including phenoxy) is 1. The van der Waals surface area contributed by atoms with Crippen molar-refractivity contribution in [2.75, 3.05) is 26.7 Å². The maximum absolute atomic E-state index is 12.6. The molecule has 1 N–H and O–H groups in total. The smallest absolute Gasteiger partial charge is 0.251 e. The van der Waals surface area contributed by atoms with E-state index >= 15 is 0 Å². The first-order valence-corrected chi connectivity index (χ1v) is 8.89. The van der Waals surface area contributed by atoms with Crippen molar-refractivity contribution in [1.29, 1.82) is 0 Å². The zero-order valence-electron chi connectivity index (χ0n) is 15.0. The number of piperidine rings is 1. The summed E-state index contributed by atoms with van der Waals surface area (Å²) >= 11 is 0. The predicted octanol–water partition coefficient (Wildman–Crippen LogP) is 3.55. The maximum atomic E-state index is 12.6. The summed E-state index contributed by atoms with van der Waals surface area (Å²) in [6, 6.07) is 9.48. The molecule has 1 aromatic carbocycles. The minimum Gasteiger partial charge on any atom is -0.496 e. The van der Waals surface area contributed by atoms with Crippen LogP contribution in [-0.2, 0) is 0 Å². The Morgan fingerprint density at radius 2 is 2.08 bits per heavy atom. The summed E-state index contributed by atoms with van der Waals surface area (Å²) in [6.45, 7) is 4.57. The molecule has 0 bridgehead atoms. The van der Waals surface area contributed by atoms with Crippen LogP contribution in [0.4, 0.5) is 0 Å². The third kappa shape index (κ3) is 4.23. The van der Waals surface area contributed by atoms with E-state index < -0.39 is 0 Å². The van der Waals surface area contributed by atoms with Gasteiger partial charge in [-0.15, -0.1) is 0 Å². The monoisotopic (exact) mass is 342 g/mol. The normalized spacial score (nSPS) is 16.4. The summed E-state index contributed by atoms with van der Waals surface area (Å²) in [5.41, 5.74) is 1.63. The summed E-state index contributed by atoms with van der Waals surface area (Å²) in [5, 5.41) is 3.06. The molecule has 5 heteroatoms. The highest BCUT2D eigenvalue weighted by molar-refractivity contribution is 5.94. The second-order valence-electron chi connectivity index (χ2n) is 6.52. The number of rotatable bonds is 6. The Hall–Kier alpha value is -2.27. The number of nitrogens with one attached hydrogen (secondary N) is 1. The van der Waals surface area contributed by atoms with Crippen LogP contribution in [0.2, 0.25) is 0 Å². The first-order valence-electron chi connectivity index (χ1n) is 8.89. The molecule has 1 aromatic heterocycles. The molecule has 5 nitrogen and oxygen atoms in total. The first kappa shape index (κ1) is 17.5. The first-order chi connectivity index (χ1) is 12.2. The van der Waals surface area contributed by atoms with Gasteiger partial charge in [-0.2, -0.15) is 0 Å². The van der Waals surface area contributed by atoms with E-state index in [2.05, 4.69) is 10.2 Å². The van der Waals surface area contributed by atoms with Crippen molar-refractivity contribution in [3.63, 3.8) is 0 Å². The van der Waals surface area contributed by atoms with E-state index in [1.54, 1.807) is 19.4 Å². The van der Waals surface area contributed by atoms with E-state index in [1.807, 2.05) is 31.2 Å². The Balaban J connectivity index is 1.69. The van der Waals surface area contributed by atoms with Crippen LogP contribution in [0.25, 0.3) is 0 Å². The summed E-state index contributed by atoms with van der Waals surface area (Å²) in [5.74, 6) is 1.54. The fourth-order valence-electron chi connectivity index (χ4n) is 3.37. The lowest BCUT2D eigenvalue weighted by molar-refractivity contribution is 0.0913. The Morgan fingerprint density at radius 3 is 2.76 bits per heavy atom. The molecule has 0 saturated carbocycles. The van der Waals surface area contributed by atoms with Gasteiger partial charge in [-0.05, 0) is 62.7 Å². The lowest BCUT2D eigenvalue weighted by atomic mass is 10.1. The third-order valence-electron chi connectivity index (χ3n) is 4.83. The molecule has 1 unspecified atom stereocenters. The molecular weight excluding hydrogens is 316 g/mol. The van der Waals surface area contributed by atoms with Gasteiger partial charge in [0, 0.05) is 12.1 Å². The number of benzene rings is 1. The molecule has 0 spiro atoms. The average molecular weight is 342 g/mol. The number of carbonyl (C=O) groups is 1. The number of methoxy groups -OCH3 is 1. The molecule has 3 rings (SSSR count). The van der Waals surface area contributed by atoms with Gasteiger partial charge in [-0.3, -0.25) is 9.69 Å². The fraction of sp³-hybridized carbons (Fsp3) is 0.450. The Labute approximate surface area is 149 Å². The average Bonchev–Trinajstić information content (AvgIpc) is 3.17. The molecule has 1 aliphatic heterocycles. The molecule has 0 radical (unpaired) electrons. The van der Waals surface area contributed by atoms with E-state index in [0.717, 1.165) is 30.2 Å². The molecule has 1 aliphatic rings. The van der Waals surface area contributed by atoms with Crippen molar-refractivity contribution >= 4 is 5.91 Å². The van der Waals surface area contributed by atoms with E-state index in [9.17, 15) is 4.79 Å². The molecule has 1 fully saturated rings. The lowest BCUT2D eigenvalue weighted by Gasteiger charge is -2.33. The molecule has 2 heterocycles. The van der Waals surface area contributed by atoms with Crippen molar-refractivity contribution < 1.29 is 13.9 Å². The second kappa shape index (κ2) is 8.21. The number of hydrogen-bond donors (Lipinski definition) is 1. The molecule has 1 saturated heterocycles. The lowest BCUT2D eigenvalue weighted by Crippen LogP contribution is -2.40. The standard InChI is InChI=1S/C20H26N2O3/c1-15-8-9-16(13-19(15)24-2)20(23)21-14-17(18-7-6-12-25-18)22-10-4-3-5-11-22/h6-9,12-13,17H,3-5,10-11,14H2,1-2H3,(H,21,23). The topological polar surface area (TPSA) is 54.7 Å². The van der Waals surface area contributed by atoms with Crippen molar-refractivity contribution in [1.82, 2.24) is 10.2 Å². The molecule has 2 aromatic rings. The van der Waals surface area contributed by atoms with E-state index in [-0.39, 0.29) is 11.9 Å². The second-order valence-corrected chi connectivity index (χ2v) is 6.52. The number of likely N-dealkylation sites (tertiary alicyclic amines) is 1. The highest BCUT2D eigenvalue weighted by Crippen LogP contribution is 2.25. The number of hydrogen-bond acceptors (Lipinski definition) is 4. The van der Waals surface area contributed by atoms with Gasteiger partial charge in [0.15, 0.2) is 0 Å². The van der Waals surface area contributed by atoms with E-state index in [0.29, 0.717) is 12.1 Å². The highest BCUT2D eigenvalue weighted by atomic mass is 16.5. The number of carbonyl (C=O) groups excluding carboxylic acids is 1. The van der Waals surface area contributed by atoms with E-state index in [1.165, 1.54) is 19.3 Å². The fourth-order valence-corrected chi connectivity index (χ4v) is 3.37. The van der Waals surface area contributed by atoms with Crippen LogP contribution < -0.4 is 10.1 Å². The SMILES string of the molecule is COc1cc(C(=O)NCC(c2ccco2)N2CCCCC2)ccc1C. The van der Waals surface area contributed by atoms with Crippen LogP contribution in [0.1, 0.15) is 47.0 Å². The Kier molecular flexibility index (Phi) is 5.76. The third-order valence-corrected chi connectivity index (χ3v) is 4.83. The molecule has 134 valence electrons. The van der Waals surface area contributed by atoms with Gasteiger partial charge in [0.25, 0.3) is 5.91 Å². The van der Waals surface area contributed by atoms with Crippen LogP contribution in [0.3, 0.4) is 0 Å². The minimum absolute atomic E-state index is 0.0755. The van der Waals surface area contributed by atoms with Crippen LogP contribution in [0.15, 0.2) is 41.0 Å². The van der Waals surface area contributed by atoms with Crippen LogP contribution in [0.5, 0.6) is 5.75 Å². The summed E-state index contributed by atoms with van der Waals surface area (Å²) < 4.78 is 10.9. The van der Waals surface area contributed by atoms with Crippen molar-refractivity contribution in [2.45, 2.75) is 32.2 Å². The molecular formula is C20H26N2O3. The van der Waals surface area contributed by atoms with Crippen molar-refractivity contribution in [3.05, 3.63) is 53.5 Å². The Bertz CT molecular complexity index is 691. The largest absolute Gasteiger partial charge is 0.496 e. The summed E-state index contributed by atoms with van der Waals surface area (Å²) in [6.07, 6.45) is 5.36. The number of furan rings is 1. The summed E-state index contributed by atoms with van der Waals surface area (Å²) in [7, 11) is 1.62. The van der Waals surface area contributed by atoms with Gasteiger partial charge in [-0.1, -0.05) is 12.5 Å². The molecule has 25 heavy (non-hydrogen) atoms. The number of aryl methyl sites for hydroxylation is 1. The van der Waals surface area contributed by atoms with Crippen molar-refractivity contribution in [3.8, 4) is 5.75 Å². The van der Waals surface area contributed by atoms with Gasteiger partial charge < -0.3 is 14.5 Å². The van der Waals surface area contributed by atoms with Crippen LogP contribution in [0, 0.1) is 6.92 Å². The number of amides is 1. The van der Waals surface area contributed by atoms with Gasteiger partial charge >= 0.3 is 0 Å². The van der Waals surface area contributed by atoms with Gasteiger partial charge in [0.05, 0.1) is 19.4 Å². The quantitative estimate of drug-likeness (QED) is 0.872.